The number of aromatic nitrogens is 4. The van der Waals surface area contributed by atoms with Gasteiger partial charge in [-0.05, 0) is 87.4 Å². The van der Waals surface area contributed by atoms with Crippen LogP contribution in [0.15, 0.2) is 48.8 Å². The molecule has 4 aromatic rings. The molecule has 1 aliphatic carbocycles. The first-order valence-corrected chi connectivity index (χ1v) is 14.1. The number of nitrogens with one attached hydrogen (secondary N) is 1. The Bertz CT molecular complexity index is 1460. The number of rotatable bonds is 5. The molecule has 1 saturated carbocycles. The molecule has 0 radical (unpaired) electrons. The van der Waals surface area contributed by atoms with E-state index in [4.69, 9.17) is 4.98 Å². The van der Waals surface area contributed by atoms with E-state index >= 15 is 0 Å². The minimum atomic E-state index is -0.272. The molecule has 0 unspecified atom stereocenters. The Kier molecular flexibility index (Phi) is 7.02. The lowest BCUT2D eigenvalue weighted by molar-refractivity contribution is 0.0713. The molecule has 8 heteroatoms. The molecule has 1 aromatic carbocycles. The van der Waals surface area contributed by atoms with Crippen LogP contribution < -0.4 is 5.32 Å². The Morgan fingerprint density at radius 2 is 1.64 bits per heavy atom. The molecule has 2 fully saturated rings. The van der Waals surface area contributed by atoms with E-state index in [2.05, 4.69) is 26.0 Å². The van der Waals surface area contributed by atoms with Crippen LogP contribution in [0.5, 0.6) is 0 Å². The summed E-state index contributed by atoms with van der Waals surface area (Å²) < 4.78 is 15.7. The SMILES string of the molecule is Cc1cc(C(=O)N2CCC(c3cn(C4CCCCC4)c4nc(Nc5ccc(F)cc5)ncc34)CC2)cc(C)n1. The van der Waals surface area contributed by atoms with Gasteiger partial charge in [0.2, 0.25) is 5.95 Å². The number of fused-ring (bicyclic) bond motifs is 1. The number of hydrogen-bond acceptors (Lipinski definition) is 5. The van der Waals surface area contributed by atoms with Crippen LogP contribution in [0.3, 0.4) is 0 Å². The van der Waals surface area contributed by atoms with Crippen molar-refractivity contribution in [2.24, 2.45) is 0 Å². The molecule has 0 spiro atoms. The average molecular weight is 527 g/mol. The number of nitrogens with zero attached hydrogens (tertiary/aromatic N) is 5. The zero-order chi connectivity index (χ0) is 26.9. The van der Waals surface area contributed by atoms with Gasteiger partial charge in [-0.15, -0.1) is 0 Å². The lowest BCUT2D eigenvalue weighted by Crippen LogP contribution is -2.38. The number of carbonyl (C=O) groups excluding carboxylic acids is 1. The quantitative estimate of drug-likeness (QED) is 0.308. The van der Waals surface area contributed by atoms with Crippen LogP contribution in [-0.4, -0.2) is 43.4 Å². The number of pyridine rings is 1. The third kappa shape index (κ3) is 5.37. The van der Waals surface area contributed by atoms with E-state index < -0.39 is 0 Å². The fourth-order valence-electron chi connectivity index (χ4n) is 6.27. The molecule has 7 nitrogen and oxygen atoms in total. The number of likely N-dealkylation sites (tertiary alicyclic amines) is 1. The van der Waals surface area contributed by atoms with Crippen molar-refractivity contribution in [3.63, 3.8) is 0 Å². The van der Waals surface area contributed by atoms with Gasteiger partial charge < -0.3 is 14.8 Å². The van der Waals surface area contributed by atoms with Crippen LogP contribution in [0.25, 0.3) is 11.0 Å². The standard InChI is InChI=1S/C31H35FN6O/c1-20-16-23(17-21(2)34-20)30(39)37-14-12-22(13-15-37)28-19-38(26-6-4-3-5-7-26)29-27(28)18-33-31(36-29)35-25-10-8-24(32)9-11-25/h8-11,16-19,22,26H,3-7,12-15H2,1-2H3,(H,33,35,36). The predicted octanol–water partition coefficient (Wildman–Crippen LogP) is 6.85. The second kappa shape index (κ2) is 10.8. The second-order valence-corrected chi connectivity index (χ2v) is 11.1. The molecule has 1 saturated heterocycles. The molecule has 1 N–H and O–H groups in total. The molecular formula is C31H35FN6O. The molecule has 39 heavy (non-hydrogen) atoms. The topological polar surface area (TPSA) is 75.9 Å². The fraction of sp³-hybridized carbons (Fsp3) is 0.419. The summed E-state index contributed by atoms with van der Waals surface area (Å²) >= 11 is 0. The third-order valence-corrected chi connectivity index (χ3v) is 8.22. The number of aryl methyl sites for hydroxylation is 2. The summed E-state index contributed by atoms with van der Waals surface area (Å²) in [6, 6.07) is 10.4. The number of anilines is 2. The van der Waals surface area contributed by atoms with E-state index in [0.717, 1.165) is 72.4 Å². The predicted molar refractivity (Wildman–Crippen MR) is 151 cm³/mol. The molecular weight excluding hydrogens is 491 g/mol. The average Bonchev–Trinajstić information content (AvgIpc) is 3.33. The van der Waals surface area contributed by atoms with Gasteiger partial charge in [-0.25, -0.2) is 9.37 Å². The normalized spacial score (nSPS) is 17.1. The second-order valence-electron chi connectivity index (χ2n) is 11.1. The lowest BCUT2D eigenvalue weighted by atomic mass is 9.89. The Morgan fingerprint density at radius 3 is 2.33 bits per heavy atom. The molecule has 4 heterocycles. The van der Waals surface area contributed by atoms with Crippen molar-refractivity contribution in [2.75, 3.05) is 18.4 Å². The maximum atomic E-state index is 13.4. The first-order valence-electron chi connectivity index (χ1n) is 14.1. The number of piperidine rings is 1. The Morgan fingerprint density at radius 1 is 0.949 bits per heavy atom. The van der Waals surface area contributed by atoms with E-state index in [1.807, 2.05) is 37.1 Å². The van der Waals surface area contributed by atoms with Gasteiger partial charge in [0.05, 0.1) is 0 Å². The molecule has 1 aliphatic heterocycles. The van der Waals surface area contributed by atoms with Gasteiger partial charge in [0.15, 0.2) is 0 Å². The van der Waals surface area contributed by atoms with Gasteiger partial charge in [-0.2, -0.15) is 4.98 Å². The maximum absolute atomic E-state index is 13.4. The van der Waals surface area contributed by atoms with Crippen molar-refractivity contribution in [1.29, 1.82) is 0 Å². The fourth-order valence-corrected chi connectivity index (χ4v) is 6.27. The van der Waals surface area contributed by atoms with Gasteiger partial charge in [-0.3, -0.25) is 9.78 Å². The van der Waals surface area contributed by atoms with Crippen molar-refractivity contribution < 1.29 is 9.18 Å². The highest BCUT2D eigenvalue weighted by Crippen LogP contribution is 2.38. The summed E-state index contributed by atoms with van der Waals surface area (Å²) in [6.45, 7) is 5.32. The summed E-state index contributed by atoms with van der Waals surface area (Å²) in [6.07, 6.45) is 12.1. The summed E-state index contributed by atoms with van der Waals surface area (Å²) in [5.74, 6) is 0.680. The van der Waals surface area contributed by atoms with Gasteiger partial charge in [-0.1, -0.05) is 19.3 Å². The first-order chi connectivity index (χ1) is 18.9. The number of halogens is 1. The Labute approximate surface area is 228 Å². The molecule has 3 aromatic heterocycles. The summed E-state index contributed by atoms with van der Waals surface area (Å²) in [4.78, 5) is 29.2. The van der Waals surface area contributed by atoms with Crippen molar-refractivity contribution >= 4 is 28.6 Å². The van der Waals surface area contributed by atoms with Gasteiger partial charge >= 0.3 is 0 Å². The highest BCUT2D eigenvalue weighted by molar-refractivity contribution is 5.94. The van der Waals surface area contributed by atoms with E-state index in [0.29, 0.717) is 17.9 Å². The monoisotopic (exact) mass is 526 g/mol. The minimum absolute atomic E-state index is 0.0894. The zero-order valence-electron chi connectivity index (χ0n) is 22.7. The number of amides is 1. The molecule has 6 rings (SSSR count). The molecule has 1 amide bonds. The molecule has 2 aliphatic rings. The van der Waals surface area contributed by atoms with E-state index in [1.54, 1.807) is 12.1 Å². The lowest BCUT2D eigenvalue weighted by Gasteiger charge is -2.32. The number of hydrogen-bond donors (Lipinski definition) is 1. The summed E-state index contributed by atoms with van der Waals surface area (Å²) in [5, 5.41) is 4.33. The van der Waals surface area contributed by atoms with Crippen LogP contribution in [0, 0.1) is 19.7 Å². The van der Waals surface area contributed by atoms with Crippen molar-refractivity contribution in [3.05, 3.63) is 77.1 Å². The highest BCUT2D eigenvalue weighted by Gasteiger charge is 2.29. The molecule has 0 bridgehead atoms. The molecule has 202 valence electrons. The zero-order valence-corrected chi connectivity index (χ0v) is 22.7. The summed E-state index contributed by atoms with van der Waals surface area (Å²) in [7, 11) is 0. The van der Waals surface area contributed by atoms with E-state index in [-0.39, 0.29) is 11.7 Å². The largest absolute Gasteiger partial charge is 0.339 e. The highest BCUT2D eigenvalue weighted by atomic mass is 19.1. The molecule has 0 atom stereocenters. The van der Waals surface area contributed by atoms with Gasteiger partial charge in [0.1, 0.15) is 11.5 Å². The van der Waals surface area contributed by atoms with Crippen LogP contribution >= 0.6 is 0 Å². The van der Waals surface area contributed by atoms with Crippen LogP contribution in [-0.2, 0) is 0 Å². The van der Waals surface area contributed by atoms with E-state index in [1.165, 1.54) is 37.0 Å². The number of carbonyl (C=O) groups is 1. The van der Waals surface area contributed by atoms with Gasteiger partial charge in [0.25, 0.3) is 5.91 Å². The smallest absolute Gasteiger partial charge is 0.253 e. The third-order valence-electron chi connectivity index (χ3n) is 8.22. The van der Waals surface area contributed by atoms with Crippen molar-refractivity contribution in [3.8, 4) is 0 Å². The van der Waals surface area contributed by atoms with Crippen molar-refractivity contribution in [1.82, 2.24) is 24.4 Å². The van der Waals surface area contributed by atoms with Crippen LogP contribution in [0.4, 0.5) is 16.0 Å². The minimum Gasteiger partial charge on any atom is -0.339 e. The van der Waals surface area contributed by atoms with E-state index in [9.17, 15) is 9.18 Å². The van der Waals surface area contributed by atoms with Crippen molar-refractivity contribution in [2.45, 2.75) is 70.8 Å². The Hall–Kier alpha value is -3.81. The van der Waals surface area contributed by atoms with Gasteiger partial charge in [0, 0.05) is 59.5 Å². The van der Waals surface area contributed by atoms with Crippen LogP contribution in [0.1, 0.15) is 84.2 Å². The summed E-state index contributed by atoms with van der Waals surface area (Å²) in [5.41, 5.74) is 5.46. The van der Waals surface area contributed by atoms with Crippen LogP contribution in [0.2, 0.25) is 0 Å². The number of benzene rings is 1. The maximum Gasteiger partial charge on any atom is 0.253 e. The first kappa shape index (κ1) is 25.5. The Balaban J connectivity index is 1.26.